The summed E-state index contributed by atoms with van der Waals surface area (Å²) in [6.45, 7) is 6.62. The van der Waals surface area contributed by atoms with Crippen LogP contribution in [-0.4, -0.2) is 61.6 Å². The molecule has 0 aromatic heterocycles. The minimum absolute atomic E-state index is 0.0769. The second-order valence-electron chi connectivity index (χ2n) is 5.11. The van der Waals surface area contributed by atoms with Crippen molar-refractivity contribution < 1.29 is 9.53 Å². The Morgan fingerprint density at radius 1 is 1.53 bits per heavy atom. The molecule has 0 radical (unpaired) electrons. The molecule has 0 bridgehead atoms. The standard InChI is InChI=1S/C13H26N2O2/c1-5-17-13(16)9-11(2)15-8-6-7-12(10-15)14(3)4/h11-12H,5-10H2,1-4H3. The molecule has 0 aliphatic carbocycles. The summed E-state index contributed by atoms with van der Waals surface area (Å²) in [4.78, 5) is 16.1. The molecular formula is C13H26N2O2. The molecule has 1 aliphatic heterocycles. The molecule has 4 heteroatoms. The number of hydrogen-bond donors (Lipinski definition) is 0. The normalized spacial score (nSPS) is 23.7. The molecule has 17 heavy (non-hydrogen) atoms. The van der Waals surface area contributed by atoms with Crippen molar-refractivity contribution in [1.29, 1.82) is 0 Å². The van der Waals surface area contributed by atoms with Crippen molar-refractivity contribution in [2.45, 2.75) is 45.2 Å². The average molecular weight is 242 g/mol. The first-order valence-electron chi connectivity index (χ1n) is 6.60. The second-order valence-corrected chi connectivity index (χ2v) is 5.11. The Kier molecular flexibility index (Phi) is 5.92. The molecule has 0 spiro atoms. The number of ether oxygens (including phenoxy) is 1. The monoisotopic (exact) mass is 242 g/mol. The maximum atomic E-state index is 11.5. The number of piperidine rings is 1. The van der Waals surface area contributed by atoms with Gasteiger partial charge in [0.2, 0.25) is 0 Å². The first kappa shape index (κ1) is 14.5. The van der Waals surface area contributed by atoms with Crippen LogP contribution in [0.3, 0.4) is 0 Å². The number of nitrogens with zero attached hydrogens (tertiary/aromatic N) is 2. The van der Waals surface area contributed by atoms with Crippen LogP contribution >= 0.6 is 0 Å². The molecular weight excluding hydrogens is 216 g/mol. The summed E-state index contributed by atoms with van der Waals surface area (Å²) >= 11 is 0. The van der Waals surface area contributed by atoms with Gasteiger partial charge in [-0.2, -0.15) is 0 Å². The minimum Gasteiger partial charge on any atom is -0.466 e. The third-order valence-electron chi connectivity index (χ3n) is 3.55. The van der Waals surface area contributed by atoms with E-state index >= 15 is 0 Å². The topological polar surface area (TPSA) is 32.8 Å². The molecule has 2 unspecified atom stereocenters. The number of likely N-dealkylation sites (N-methyl/N-ethyl adjacent to an activating group) is 1. The molecule has 1 fully saturated rings. The van der Waals surface area contributed by atoms with E-state index in [4.69, 9.17) is 4.74 Å². The largest absolute Gasteiger partial charge is 0.466 e. The zero-order chi connectivity index (χ0) is 12.8. The first-order valence-corrected chi connectivity index (χ1v) is 6.60. The van der Waals surface area contributed by atoms with Gasteiger partial charge in [-0.05, 0) is 47.3 Å². The quantitative estimate of drug-likeness (QED) is 0.681. The van der Waals surface area contributed by atoms with Crippen molar-refractivity contribution in [3.63, 3.8) is 0 Å². The summed E-state index contributed by atoms with van der Waals surface area (Å²) in [6, 6.07) is 0.908. The van der Waals surface area contributed by atoms with E-state index in [1.165, 1.54) is 12.8 Å². The van der Waals surface area contributed by atoms with Gasteiger partial charge in [-0.15, -0.1) is 0 Å². The number of carbonyl (C=O) groups is 1. The number of carbonyl (C=O) groups excluding carboxylic acids is 1. The Hall–Kier alpha value is -0.610. The lowest BCUT2D eigenvalue weighted by Gasteiger charge is -2.39. The highest BCUT2D eigenvalue weighted by Gasteiger charge is 2.25. The molecule has 0 aromatic carbocycles. The van der Waals surface area contributed by atoms with Gasteiger partial charge in [0.05, 0.1) is 13.0 Å². The van der Waals surface area contributed by atoms with Gasteiger partial charge in [0.15, 0.2) is 0 Å². The molecule has 2 atom stereocenters. The molecule has 0 amide bonds. The Morgan fingerprint density at radius 3 is 2.82 bits per heavy atom. The average Bonchev–Trinajstić information content (AvgIpc) is 2.29. The van der Waals surface area contributed by atoms with Gasteiger partial charge < -0.3 is 9.64 Å². The van der Waals surface area contributed by atoms with E-state index in [-0.39, 0.29) is 12.0 Å². The number of rotatable bonds is 5. The van der Waals surface area contributed by atoms with Crippen molar-refractivity contribution >= 4 is 5.97 Å². The maximum Gasteiger partial charge on any atom is 0.307 e. The van der Waals surface area contributed by atoms with Gasteiger partial charge in [-0.25, -0.2) is 0 Å². The summed E-state index contributed by atoms with van der Waals surface area (Å²) in [5.74, 6) is -0.0769. The van der Waals surface area contributed by atoms with Gasteiger partial charge in [-0.1, -0.05) is 0 Å². The molecule has 0 aromatic rings. The molecule has 100 valence electrons. The molecule has 1 aliphatic rings. The van der Waals surface area contributed by atoms with Crippen LogP contribution in [0.2, 0.25) is 0 Å². The lowest BCUT2D eigenvalue weighted by molar-refractivity contribution is -0.144. The third kappa shape index (κ3) is 4.64. The van der Waals surface area contributed by atoms with Crippen LogP contribution in [0.25, 0.3) is 0 Å². The predicted octanol–water partition coefficient (Wildman–Crippen LogP) is 1.35. The predicted molar refractivity (Wildman–Crippen MR) is 69.0 cm³/mol. The van der Waals surface area contributed by atoms with E-state index in [0.29, 0.717) is 19.1 Å². The molecule has 0 saturated carbocycles. The summed E-state index contributed by atoms with van der Waals surface area (Å²) in [5.41, 5.74) is 0. The summed E-state index contributed by atoms with van der Waals surface area (Å²) < 4.78 is 5.00. The zero-order valence-electron chi connectivity index (χ0n) is 11.6. The Bertz CT molecular complexity index is 244. The van der Waals surface area contributed by atoms with Crippen molar-refractivity contribution in [2.24, 2.45) is 0 Å². The van der Waals surface area contributed by atoms with Gasteiger partial charge in [0.25, 0.3) is 0 Å². The van der Waals surface area contributed by atoms with Crippen LogP contribution in [0.1, 0.15) is 33.1 Å². The van der Waals surface area contributed by atoms with Crippen molar-refractivity contribution in [3.05, 3.63) is 0 Å². The smallest absolute Gasteiger partial charge is 0.307 e. The van der Waals surface area contributed by atoms with Crippen LogP contribution < -0.4 is 0 Å². The second kappa shape index (κ2) is 6.97. The van der Waals surface area contributed by atoms with E-state index in [9.17, 15) is 4.79 Å². The molecule has 1 rings (SSSR count). The third-order valence-corrected chi connectivity index (χ3v) is 3.55. The van der Waals surface area contributed by atoms with E-state index in [0.717, 1.165) is 13.1 Å². The van der Waals surface area contributed by atoms with Crippen LogP contribution in [0.4, 0.5) is 0 Å². The van der Waals surface area contributed by atoms with Gasteiger partial charge in [0, 0.05) is 18.6 Å². The van der Waals surface area contributed by atoms with E-state index in [2.05, 4.69) is 30.8 Å². The lowest BCUT2D eigenvalue weighted by atomic mass is 10.0. The summed E-state index contributed by atoms with van der Waals surface area (Å²) in [6.07, 6.45) is 2.99. The minimum atomic E-state index is -0.0769. The van der Waals surface area contributed by atoms with Crippen molar-refractivity contribution in [1.82, 2.24) is 9.80 Å². The fraction of sp³-hybridized carbons (Fsp3) is 0.923. The van der Waals surface area contributed by atoms with Crippen LogP contribution in [0.5, 0.6) is 0 Å². The number of likely N-dealkylation sites (tertiary alicyclic amines) is 1. The fourth-order valence-electron chi connectivity index (χ4n) is 2.40. The summed E-state index contributed by atoms with van der Waals surface area (Å²) in [5, 5.41) is 0. The van der Waals surface area contributed by atoms with Crippen molar-refractivity contribution in [3.8, 4) is 0 Å². The number of hydrogen-bond acceptors (Lipinski definition) is 4. The van der Waals surface area contributed by atoms with E-state index in [1.54, 1.807) is 0 Å². The lowest BCUT2D eigenvalue weighted by Crippen LogP contribution is -2.48. The zero-order valence-corrected chi connectivity index (χ0v) is 11.6. The highest BCUT2D eigenvalue weighted by atomic mass is 16.5. The van der Waals surface area contributed by atoms with E-state index in [1.807, 2.05) is 6.92 Å². The maximum absolute atomic E-state index is 11.5. The molecule has 1 heterocycles. The Morgan fingerprint density at radius 2 is 2.24 bits per heavy atom. The summed E-state index contributed by atoms with van der Waals surface area (Å²) in [7, 11) is 4.26. The Balaban J connectivity index is 2.40. The highest BCUT2D eigenvalue weighted by molar-refractivity contribution is 5.70. The highest BCUT2D eigenvalue weighted by Crippen LogP contribution is 2.17. The van der Waals surface area contributed by atoms with Crippen LogP contribution in [-0.2, 0) is 9.53 Å². The molecule has 4 nitrogen and oxygen atoms in total. The molecule has 0 N–H and O–H groups in total. The first-order chi connectivity index (χ1) is 8.04. The molecule has 1 saturated heterocycles. The Labute approximate surface area is 105 Å². The van der Waals surface area contributed by atoms with Crippen LogP contribution in [0, 0.1) is 0 Å². The van der Waals surface area contributed by atoms with Crippen molar-refractivity contribution in [2.75, 3.05) is 33.8 Å². The number of esters is 1. The van der Waals surface area contributed by atoms with Gasteiger partial charge >= 0.3 is 5.97 Å². The van der Waals surface area contributed by atoms with Crippen LogP contribution in [0.15, 0.2) is 0 Å². The fourth-order valence-corrected chi connectivity index (χ4v) is 2.40. The SMILES string of the molecule is CCOC(=O)CC(C)N1CCCC(N(C)C)C1. The van der Waals surface area contributed by atoms with Gasteiger partial charge in [0.1, 0.15) is 0 Å². The van der Waals surface area contributed by atoms with E-state index < -0.39 is 0 Å². The van der Waals surface area contributed by atoms with Gasteiger partial charge in [-0.3, -0.25) is 9.69 Å².